The quantitative estimate of drug-likeness (QED) is 0.923. The van der Waals surface area contributed by atoms with Gasteiger partial charge < -0.3 is 10.5 Å². The fourth-order valence-electron chi connectivity index (χ4n) is 1.97. The first-order chi connectivity index (χ1) is 8.97. The van der Waals surface area contributed by atoms with Gasteiger partial charge in [-0.05, 0) is 16.3 Å². The summed E-state index contributed by atoms with van der Waals surface area (Å²) >= 11 is 0. The van der Waals surface area contributed by atoms with Crippen LogP contribution in [0, 0.1) is 0 Å². The van der Waals surface area contributed by atoms with Gasteiger partial charge in [-0.25, -0.2) is 0 Å². The van der Waals surface area contributed by atoms with Crippen molar-refractivity contribution in [3.63, 3.8) is 0 Å². The van der Waals surface area contributed by atoms with Crippen molar-refractivity contribution in [2.24, 2.45) is 5.73 Å². The van der Waals surface area contributed by atoms with Crippen molar-refractivity contribution in [3.8, 4) is 0 Å². The zero-order chi connectivity index (χ0) is 13.9. The van der Waals surface area contributed by atoms with Crippen LogP contribution in [0.15, 0.2) is 42.5 Å². The van der Waals surface area contributed by atoms with Crippen molar-refractivity contribution < 1.29 is 17.9 Å². The molecule has 0 radical (unpaired) electrons. The van der Waals surface area contributed by atoms with Crippen LogP contribution in [0.2, 0.25) is 0 Å². The van der Waals surface area contributed by atoms with Crippen LogP contribution in [0.25, 0.3) is 10.8 Å². The maximum Gasteiger partial charge on any atom is 0.411 e. The lowest BCUT2D eigenvalue weighted by Crippen LogP contribution is -2.23. The molecule has 2 nitrogen and oxygen atoms in total. The van der Waals surface area contributed by atoms with Gasteiger partial charge in [0.2, 0.25) is 0 Å². The molecule has 102 valence electrons. The molecule has 5 heteroatoms. The van der Waals surface area contributed by atoms with E-state index in [1.807, 2.05) is 42.5 Å². The number of hydrogen-bond acceptors (Lipinski definition) is 2. The molecular formula is C14H14F3NO. The predicted octanol–water partition coefficient (Wildman–Crippen LogP) is 3.42. The summed E-state index contributed by atoms with van der Waals surface area (Å²) in [4.78, 5) is 0. The van der Waals surface area contributed by atoms with Crippen LogP contribution in [0.5, 0.6) is 0 Å². The largest absolute Gasteiger partial charge is 0.411 e. The number of rotatable bonds is 4. The molecule has 0 aliphatic carbocycles. The first kappa shape index (κ1) is 13.8. The second-order valence-electron chi connectivity index (χ2n) is 4.31. The third-order valence-corrected chi connectivity index (χ3v) is 2.79. The molecule has 0 bridgehead atoms. The molecule has 0 aliphatic heterocycles. The van der Waals surface area contributed by atoms with Crippen molar-refractivity contribution in [1.29, 1.82) is 0 Å². The molecule has 2 aromatic carbocycles. The predicted molar refractivity (Wildman–Crippen MR) is 67.8 cm³/mol. The highest BCUT2D eigenvalue weighted by molar-refractivity contribution is 5.86. The van der Waals surface area contributed by atoms with E-state index in [1.165, 1.54) is 0 Å². The van der Waals surface area contributed by atoms with E-state index < -0.39 is 18.8 Å². The second-order valence-corrected chi connectivity index (χ2v) is 4.31. The number of benzene rings is 2. The first-order valence-electron chi connectivity index (χ1n) is 5.85. The van der Waals surface area contributed by atoms with Gasteiger partial charge in [-0.3, -0.25) is 0 Å². The number of hydrogen-bond donors (Lipinski definition) is 1. The summed E-state index contributed by atoms with van der Waals surface area (Å²) in [5, 5.41) is 1.94. The lowest BCUT2D eigenvalue weighted by atomic mass is 10.00. The van der Waals surface area contributed by atoms with E-state index in [-0.39, 0.29) is 6.61 Å². The molecule has 2 N–H and O–H groups in total. The standard InChI is InChI=1S/C14H14F3NO/c15-14(16,17)9-19-8-13(18)12-7-3-5-10-4-1-2-6-11(10)12/h1-7,13H,8-9,18H2. The third kappa shape index (κ3) is 3.68. The van der Waals surface area contributed by atoms with E-state index in [0.717, 1.165) is 16.3 Å². The molecule has 0 heterocycles. The number of nitrogens with two attached hydrogens (primary N) is 1. The van der Waals surface area contributed by atoms with E-state index in [9.17, 15) is 13.2 Å². The zero-order valence-corrected chi connectivity index (χ0v) is 10.2. The highest BCUT2D eigenvalue weighted by atomic mass is 19.4. The number of fused-ring (bicyclic) bond motifs is 1. The van der Waals surface area contributed by atoms with Crippen molar-refractivity contribution in [1.82, 2.24) is 0 Å². The SMILES string of the molecule is NC(COCC(F)(F)F)c1cccc2ccccc12. The van der Waals surface area contributed by atoms with Crippen LogP contribution >= 0.6 is 0 Å². The first-order valence-corrected chi connectivity index (χ1v) is 5.85. The van der Waals surface area contributed by atoms with Gasteiger partial charge >= 0.3 is 6.18 Å². The van der Waals surface area contributed by atoms with E-state index in [2.05, 4.69) is 4.74 Å². The van der Waals surface area contributed by atoms with Gasteiger partial charge in [-0.15, -0.1) is 0 Å². The number of halogens is 3. The molecule has 0 spiro atoms. The van der Waals surface area contributed by atoms with Gasteiger partial charge in [0, 0.05) is 0 Å². The molecule has 19 heavy (non-hydrogen) atoms. The average Bonchev–Trinajstić information content (AvgIpc) is 2.36. The topological polar surface area (TPSA) is 35.2 Å². The highest BCUT2D eigenvalue weighted by Crippen LogP contribution is 2.23. The fourth-order valence-corrected chi connectivity index (χ4v) is 1.97. The van der Waals surface area contributed by atoms with Gasteiger partial charge in [0.05, 0.1) is 12.6 Å². The molecule has 0 saturated carbocycles. The fraction of sp³-hybridized carbons (Fsp3) is 0.286. The summed E-state index contributed by atoms with van der Waals surface area (Å²) in [5.74, 6) is 0. The van der Waals surface area contributed by atoms with Crippen LogP contribution < -0.4 is 5.73 Å². The summed E-state index contributed by atoms with van der Waals surface area (Å²) in [5.41, 5.74) is 6.69. The van der Waals surface area contributed by atoms with Crippen LogP contribution in [-0.2, 0) is 4.74 Å². The molecule has 1 unspecified atom stereocenters. The minimum atomic E-state index is -4.32. The van der Waals surface area contributed by atoms with Crippen molar-refractivity contribution in [3.05, 3.63) is 48.0 Å². The highest BCUT2D eigenvalue weighted by Gasteiger charge is 2.27. The lowest BCUT2D eigenvalue weighted by molar-refractivity contribution is -0.174. The number of ether oxygens (including phenoxy) is 1. The molecule has 0 fully saturated rings. The van der Waals surface area contributed by atoms with Gasteiger partial charge in [0.25, 0.3) is 0 Å². The maximum atomic E-state index is 12.0. The Labute approximate surface area is 109 Å². The van der Waals surface area contributed by atoms with Crippen LogP contribution in [-0.4, -0.2) is 19.4 Å². The van der Waals surface area contributed by atoms with E-state index in [4.69, 9.17) is 5.73 Å². The molecule has 2 rings (SSSR count). The summed E-state index contributed by atoms with van der Waals surface area (Å²) in [7, 11) is 0. The molecule has 0 saturated heterocycles. The molecule has 0 aromatic heterocycles. The Balaban J connectivity index is 2.11. The molecule has 0 aliphatic rings. The van der Waals surface area contributed by atoms with Crippen LogP contribution in [0.1, 0.15) is 11.6 Å². The summed E-state index contributed by atoms with van der Waals surface area (Å²) in [6.45, 7) is -1.43. The average molecular weight is 269 g/mol. The Morgan fingerprint density at radius 3 is 2.47 bits per heavy atom. The number of alkyl halides is 3. The second kappa shape index (κ2) is 5.59. The molecule has 0 amide bonds. The van der Waals surface area contributed by atoms with Crippen LogP contribution in [0.3, 0.4) is 0 Å². The Bertz CT molecular complexity index is 548. The lowest BCUT2D eigenvalue weighted by Gasteiger charge is -2.15. The Kier molecular flexibility index (Phi) is 4.07. The van der Waals surface area contributed by atoms with Gasteiger partial charge in [0.1, 0.15) is 6.61 Å². The Hall–Kier alpha value is -1.59. The van der Waals surface area contributed by atoms with E-state index in [0.29, 0.717) is 0 Å². The third-order valence-electron chi connectivity index (χ3n) is 2.79. The molecular weight excluding hydrogens is 255 g/mol. The van der Waals surface area contributed by atoms with Gasteiger partial charge in [0.15, 0.2) is 0 Å². The zero-order valence-electron chi connectivity index (χ0n) is 10.2. The summed E-state index contributed by atoms with van der Waals surface area (Å²) in [6.07, 6.45) is -4.32. The minimum Gasteiger partial charge on any atom is -0.370 e. The smallest absolute Gasteiger partial charge is 0.370 e. The molecule has 1 atom stereocenters. The maximum absolute atomic E-state index is 12.0. The monoisotopic (exact) mass is 269 g/mol. The normalized spacial score (nSPS) is 13.7. The van der Waals surface area contributed by atoms with Crippen LogP contribution in [0.4, 0.5) is 13.2 Å². The Morgan fingerprint density at radius 2 is 1.74 bits per heavy atom. The molecule has 2 aromatic rings. The van der Waals surface area contributed by atoms with Crippen molar-refractivity contribution >= 4 is 10.8 Å². The van der Waals surface area contributed by atoms with Crippen molar-refractivity contribution in [2.45, 2.75) is 12.2 Å². The van der Waals surface area contributed by atoms with E-state index in [1.54, 1.807) is 0 Å². The minimum absolute atomic E-state index is 0.159. The summed E-state index contributed by atoms with van der Waals surface area (Å²) < 4.78 is 40.6. The van der Waals surface area contributed by atoms with E-state index >= 15 is 0 Å². The van der Waals surface area contributed by atoms with Gasteiger partial charge in [-0.1, -0.05) is 42.5 Å². The summed E-state index contributed by atoms with van der Waals surface area (Å²) in [6, 6.07) is 12.6. The Morgan fingerprint density at radius 1 is 1.05 bits per heavy atom. The van der Waals surface area contributed by atoms with Gasteiger partial charge in [-0.2, -0.15) is 13.2 Å². The van der Waals surface area contributed by atoms with Crippen molar-refractivity contribution in [2.75, 3.05) is 13.2 Å².